The topological polar surface area (TPSA) is 19.1 Å². The summed E-state index contributed by atoms with van der Waals surface area (Å²) in [5, 5.41) is 1.36. The van der Waals surface area contributed by atoms with Gasteiger partial charge in [-0.15, -0.1) is 11.3 Å². The van der Waals surface area contributed by atoms with Gasteiger partial charge in [0.15, 0.2) is 0 Å². The Hall–Kier alpha value is -1.94. The van der Waals surface area contributed by atoms with Crippen LogP contribution < -0.4 is 14.8 Å². The number of anilines is 1. The second-order valence-electron chi connectivity index (χ2n) is 8.99. The smallest absolute Gasteiger partial charge is 0.201 e. The average Bonchev–Trinajstić information content (AvgIpc) is 2.89. The van der Waals surface area contributed by atoms with E-state index in [1.807, 2.05) is 11.3 Å². The summed E-state index contributed by atoms with van der Waals surface area (Å²) in [5.74, 6) is 0. The highest BCUT2D eigenvalue weighted by molar-refractivity contribution is 7.21. The van der Waals surface area contributed by atoms with Crippen molar-refractivity contribution in [3.8, 4) is 10.6 Å². The SMILES string of the molecule is CC1(C)CCCN1c1ccc2nc3ccc(=[N+]4CCCCCC4)cc-3sc2c1. The Balaban J connectivity index is 1.61. The van der Waals surface area contributed by atoms with E-state index in [1.165, 1.54) is 72.2 Å². The van der Waals surface area contributed by atoms with E-state index in [9.17, 15) is 0 Å². The molecule has 5 rings (SSSR count). The molecule has 1 aromatic rings. The van der Waals surface area contributed by atoms with Crippen molar-refractivity contribution in [3.63, 3.8) is 0 Å². The number of aromatic nitrogens is 1. The van der Waals surface area contributed by atoms with Gasteiger partial charge in [-0.05, 0) is 63.8 Å². The van der Waals surface area contributed by atoms with Crippen molar-refractivity contribution in [3.05, 3.63) is 41.8 Å². The molecule has 0 amide bonds. The summed E-state index contributed by atoms with van der Waals surface area (Å²) < 4.78 is 3.85. The van der Waals surface area contributed by atoms with Gasteiger partial charge in [0.05, 0.1) is 20.8 Å². The molecule has 4 heteroatoms. The number of benzene rings is 2. The fourth-order valence-corrected chi connectivity index (χ4v) is 5.91. The van der Waals surface area contributed by atoms with Crippen molar-refractivity contribution < 1.29 is 0 Å². The first-order valence-corrected chi connectivity index (χ1v) is 11.6. The third kappa shape index (κ3) is 3.32. The molecule has 28 heavy (non-hydrogen) atoms. The Labute approximate surface area is 171 Å². The molecule has 0 aromatic heterocycles. The standard InChI is InChI=1S/C24H30N3S/c1-24(2)12-7-15-27(24)19-9-11-21-23(17-19)28-22-16-18(8-10-20(22)25-21)26-13-5-3-4-6-14-26/h8-11,16-17H,3-7,12-15H2,1-2H3/q+1. The normalized spacial score (nSPS) is 20.1. The first-order valence-electron chi connectivity index (χ1n) is 10.8. The van der Waals surface area contributed by atoms with Gasteiger partial charge in [0.1, 0.15) is 13.1 Å². The lowest BCUT2D eigenvalue weighted by Gasteiger charge is -2.33. The lowest BCUT2D eigenvalue weighted by molar-refractivity contribution is 0.518. The van der Waals surface area contributed by atoms with E-state index in [-0.39, 0.29) is 5.54 Å². The van der Waals surface area contributed by atoms with Gasteiger partial charge < -0.3 is 4.90 Å². The quantitative estimate of drug-likeness (QED) is 0.423. The molecule has 0 bridgehead atoms. The van der Waals surface area contributed by atoms with Gasteiger partial charge in [0.2, 0.25) is 5.36 Å². The van der Waals surface area contributed by atoms with E-state index < -0.39 is 0 Å². The summed E-state index contributed by atoms with van der Waals surface area (Å²) in [5.41, 5.74) is 3.82. The summed E-state index contributed by atoms with van der Waals surface area (Å²) in [6.07, 6.45) is 7.91. The van der Waals surface area contributed by atoms with E-state index in [0.717, 1.165) is 17.8 Å². The molecule has 146 valence electrons. The summed E-state index contributed by atoms with van der Waals surface area (Å²) in [7, 11) is 0. The second-order valence-corrected chi connectivity index (χ2v) is 10.1. The van der Waals surface area contributed by atoms with E-state index in [2.05, 4.69) is 59.7 Å². The first-order chi connectivity index (χ1) is 13.6. The monoisotopic (exact) mass is 392 g/mol. The first kappa shape index (κ1) is 18.1. The Morgan fingerprint density at radius 3 is 2.54 bits per heavy atom. The molecule has 3 nitrogen and oxygen atoms in total. The van der Waals surface area contributed by atoms with Crippen molar-refractivity contribution in [2.45, 2.75) is 57.9 Å². The molecule has 3 heterocycles. The van der Waals surface area contributed by atoms with Gasteiger partial charge in [0, 0.05) is 42.7 Å². The summed E-state index contributed by atoms with van der Waals surface area (Å²) in [4.78, 5) is 8.82. The zero-order valence-electron chi connectivity index (χ0n) is 17.1. The molecule has 0 radical (unpaired) electrons. The molecule has 0 saturated carbocycles. The van der Waals surface area contributed by atoms with Crippen LogP contribution in [0.15, 0.2) is 36.4 Å². The molecular formula is C24H30N3S+. The third-order valence-corrected chi connectivity index (χ3v) is 7.63. The van der Waals surface area contributed by atoms with E-state index >= 15 is 0 Å². The van der Waals surface area contributed by atoms with Crippen molar-refractivity contribution in [1.82, 2.24) is 9.56 Å². The minimum absolute atomic E-state index is 0.253. The van der Waals surface area contributed by atoms with Gasteiger partial charge in [-0.2, -0.15) is 0 Å². The van der Waals surface area contributed by atoms with Gasteiger partial charge in [0.25, 0.3) is 0 Å². The fraction of sp³-hybridized carbons (Fsp3) is 0.500. The van der Waals surface area contributed by atoms with Crippen LogP contribution in [0.4, 0.5) is 5.69 Å². The summed E-state index contributed by atoms with van der Waals surface area (Å²) in [6.45, 7) is 8.25. The average molecular weight is 393 g/mol. The number of nitrogens with zero attached hydrogens (tertiary/aromatic N) is 3. The molecule has 0 spiro atoms. The highest BCUT2D eigenvalue weighted by atomic mass is 32.1. The number of hydrogen-bond donors (Lipinski definition) is 0. The Bertz CT molecular complexity index is 1040. The van der Waals surface area contributed by atoms with Crippen LogP contribution in [0.2, 0.25) is 0 Å². The summed E-state index contributed by atoms with van der Waals surface area (Å²) in [6, 6.07) is 13.7. The Kier molecular flexibility index (Phi) is 4.62. The van der Waals surface area contributed by atoms with Crippen LogP contribution >= 0.6 is 11.3 Å². The summed E-state index contributed by atoms with van der Waals surface area (Å²) >= 11 is 1.89. The molecule has 2 saturated heterocycles. The number of rotatable bonds is 1. The number of hydrogen-bond acceptors (Lipinski definition) is 3. The third-order valence-electron chi connectivity index (χ3n) is 6.53. The van der Waals surface area contributed by atoms with Gasteiger partial charge in [-0.1, -0.05) is 0 Å². The minimum atomic E-state index is 0.253. The van der Waals surface area contributed by atoms with Gasteiger partial charge >= 0.3 is 0 Å². The molecule has 4 aliphatic rings. The zero-order valence-corrected chi connectivity index (χ0v) is 17.9. The highest BCUT2D eigenvalue weighted by Crippen LogP contribution is 2.37. The molecular weight excluding hydrogens is 362 g/mol. The van der Waals surface area contributed by atoms with Gasteiger partial charge in [-0.25, -0.2) is 9.56 Å². The van der Waals surface area contributed by atoms with E-state index in [0.29, 0.717) is 0 Å². The molecule has 3 aliphatic heterocycles. The highest BCUT2D eigenvalue weighted by Gasteiger charge is 2.32. The molecule has 0 atom stereocenters. The van der Waals surface area contributed by atoms with Crippen LogP contribution in [0, 0.1) is 0 Å². The zero-order chi connectivity index (χ0) is 19.1. The molecule has 0 N–H and O–H groups in total. The van der Waals surface area contributed by atoms with Crippen molar-refractivity contribution >= 4 is 27.2 Å². The second kappa shape index (κ2) is 7.14. The van der Waals surface area contributed by atoms with Crippen molar-refractivity contribution in [1.29, 1.82) is 0 Å². The predicted molar refractivity (Wildman–Crippen MR) is 120 cm³/mol. The van der Waals surface area contributed by atoms with Crippen LogP contribution in [0.1, 0.15) is 52.4 Å². The maximum atomic E-state index is 4.96. The largest absolute Gasteiger partial charge is 0.366 e. The Morgan fingerprint density at radius 2 is 1.79 bits per heavy atom. The van der Waals surface area contributed by atoms with Gasteiger partial charge in [-0.3, -0.25) is 0 Å². The maximum Gasteiger partial charge on any atom is 0.201 e. The fourth-order valence-electron chi connectivity index (χ4n) is 4.88. The molecule has 0 unspecified atom stereocenters. The predicted octanol–water partition coefficient (Wildman–Crippen LogP) is 5.13. The van der Waals surface area contributed by atoms with Crippen LogP contribution in [-0.2, 0) is 0 Å². The van der Waals surface area contributed by atoms with Crippen molar-refractivity contribution in [2.24, 2.45) is 0 Å². The minimum Gasteiger partial charge on any atom is -0.366 e. The maximum absolute atomic E-state index is 4.96. The van der Waals surface area contributed by atoms with Crippen LogP contribution in [-0.4, -0.2) is 30.2 Å². The van der Waals surface area contributed by atoms with E-state index in [1.54, 1.807) is 0 Å². The van der Waals surface area contributed by atoms with Crippen LogP contribution in [0.25, 0.3) is 20.8 Å². The molecule has 2 fully saturated rings. The lowest BCUT2D eigenvalue weighted by Crippen LogP contribution is -2.38. The number of fused-ring (bicyclic) bond motifs is 2. The van der Waals surface area contributed by atoms with Crippen LogP contribution in [0.3, 0.4) is 0 Å². The lowest BCUT2D eigenvalue weighted by atomic mass is 10.0. The molecule has 1 aliphatic carbocycles. The van der Waals surface area contributed by atoms with Crippen LogP contribution in [0.5, 0.6) is 0 Å². The Morgan fingerprint density at radius 1 is 0.964 bits per heavy atom. The molecule has 1 aromatic carbocycles. The van der Waals surface area contributed by atoms with Crippen molar-refractivity contribution in [2.75, 3.05) is 24.5 Å². The van der Waals surface area contributed by atoms with E-state index in [4.69, 9.17) is 4.98 Å².